The van der Waals surface area contributed by atoms with Crippen LogP contribution in [0.15, 0.2) is 48.8 Å². The number of aliphatic hydroxyl groups is 1. The molecular formula is C18H14F3N3O3. The number of pyridine rings is 1. The van der Waals surface area contributed by atoms with Gasteiger partial charge in [0, 0.05) is 18.0 Å². The van der Waals surface area contributed by atoms with Crippen LogP contribution in [-0.4, -0.2) is 25.5 Å². The molecule has 6 nitrogen and oxygen atoms in total. The van der Waals surface area contributed by atoms with Gasteiger partial charge in [-0.2, -0.15) is 18.3 Å². The average Bonchev–Trinajstić information content (AvgIpc) is 2.67. The van der Waals surface area contributed by atoms with E-state index in [1.54, 1.807) is 18.3 Å². The van der Waals surface area contributed by atoms with Crippen LogP contribution in [0.3, 0.4) is 0 Å². The van der Waals surface area contributed by atoms with Crippen LogP contribution in [0.2, 0.25) is 0 Å². The van der Waals surface area contributed by atoms with E-state index in [1.807, 2.05) is 0 Å². The first-order valence-electron chi connectivity index (χ1n) is 7.76. The van der Waals surface area contributed by atoms with Crippen molar-refractivity contribution in [2.45, 2.75) is 19.2 Å². The van der Waals surface area contributed by atoms with E-state index in [0.29, 0.717) is 11.6 Å². The Morgan fingerprint density at radius 2 is 1.89 bits per heavy atom. The molecule has 2 N–H and O–H groups in total. The van der Waals surface area contributed by atoms with Crippen molar-refractivity contribution >= 4 is 0 Å². The third kappa shape index (κ3) is 3.88. The molecule has 27 heavy (non-hydrogen) atoms. The van der Waals surface area contributed by atoms with Gasteiger partial charge < -0.3 is 9.99 Å². The summed E-state index contributed by atoms with van der Waals surface area (Å²) < 4.78 is 38.8. The van der Waals surface area contributed by atoms with Crippen molar-refractivity contribution in [3.63, 3.8) is 0 Å². The van der Waals surface area contributed by atoms with Crippen LogP contribution < -0.4 is 4.89 Å². The number of benzene rings is 1. The Bertz CT molecular complexity index is 932. The molecule has 0 fully saturated rings. The lowest BCUT2D eigenvalue weighted by Gasteiger charge is -2.14. The van der Waals surface area contributed by atoms with E-state index in [-0.39, 0.29) is 22.5 Å². The van der Waals surface area contributed by atoms with Crippen molar-refractivity contribution in [3.8, 4) is 17.0 Å². The second-order valence-corrected chi connectivity index (χ2v) is 5.79. The molecule has 1 unspecified atom stereocenters. The number of aliphatic hydroxyl groups excluding tert-OH is 1. The van der Waals surface area contributed by atoms with E-state index >= 15 is 0 Å². The van der Waals surface area contributed by atoms with Crippen molar-refractivity contribution in [2.75, 3.05) is 0 Å². The van der Waals surface area contributed by atoms with Crippen LogP contribution in [-0.2, 0) is 6.18 Å². The number of rotatable bonds is 4. The maximum Gasteiger partial charge on any atom is 0.416 e. The second kappa shape index (κ2) is 7.29. The minimum Gasteiger partial charge on any atom is -0.382 e. The predicted molar refractivity (Wildman–Crippen MR) is 88.8 cm³/mol. The number of aryl methyl sites for hydroxylation is 1. The minimum atomic E-state index is -4.58. The highest BCUT2D eigenvalue weighted by molar-refractivity contribution is 5.71. The first-order chi connectivity index (χ1) is 12.8. The molecule has 3 rings (SSSR count). The van der Waals surface area contributed by atoms with E-state index in [9.17, 15) is 18.3 Å². The molecule has 140 valence electrons. The highest BCUT2D eigenvalue weighted by Crippen LogP contribution is 2.38. The van der Waals surface area contributed by atoms with E-state index in [1.165, 1.54) is 25.3 Å². The summed E-state index contributed by atoms with van der Waals surface area (Å²) >= 11 is 0. The van der Waals surface area contributed by atoms with Gasteiger partial charge in [0.2, 0.25) is 0 Å². The summed E-state index contributed by atoms with van der Waals surface area (Å²) in [6.45, 7) is 1.44. The zero-order valence-electron chi connectivity index (χ0n) is 14.0. The Balaban J connectivity index is 1.98. The molecule has 1 aromatic carbocycles. The monoisotopic (exact) mass is 377 g/mol. The number of hydrogen-bond donors (Lipinski definition) is 2. The number of aromatic nitrogens is 3. The summed E-state index contributed by atoms with van der Waals surface area (Å²) in [5, 5.41) is 27.2. The van der Waals surface area contributed by atoms with E-state index < -0.39 is 23.6 Å². The van der Waals surface area contributed by atoms with Crippen molar-refractivity contribution < 1.29 is 28.4 Å². The lowest BCUT2D eigenvalue weighted by molar-refractivity contribution is -0.143. The summed E-state index contributed by atoms with van der Waals surface area (Å²) in [6, 6.07) is 7.90. The quantitative estimate of drug-likeness (QED) is 0.531. The molecule has 1 atom stereocenters. The molecule has 0 saturated heterocycles. The third-order valence-electron chi connectivity index (χ3n) is 3.95. The number of hydrogen-bond acceptors (Lipinski definition) is 6. The zero-order chi connectivity index (χ0) is 19.6. The highest BCUT2D eigenvalue weighted by Gasteiger charge is 2.32. The Morgan fingerprint density at radius 1 is 1.11 bits per heavy atom. The van der Waals surface area contributed by atoms with Gasteiger partial charge in [-0.25, -0.2) is 5.26 Å². The maximum atomic E-state index is 12.9. The molecule has 0 aliphatic heterocycles. The van der Waals surface area contributed by atoms with Gasteiger partial charge >= 0.3 is 6.18 Å². The minimum absolute atomic E-state index is 0.167. The SMILES string of the molecule is Cc1cc(C(F)(F)F)cc(OO)c1-c1ccc(C(O)c2cccnc2)nn1. The van der Waals surface area contributed by atoms with Crippen LogP contribution >= 0.6 is 0 Å². The fraction of sp³-hybridized carbons (Fsp3) is 0.167. The van der Waals surface area contributed by atoms with Crippen LogP contribution in [0.5, 0.6) is 5.75 Å². The fourth-order valence-corrected chi connectivity index (χ4v) is 2.65. The smallest absolute Gasteiger partial charge is 0.382 e. The molecule has 9 heteroatoms. The third-order valence-corrected chi connectivity index (χ3v) is 3.95. The highest BCUT2D eigenvalue weighted by atomic mass is 19.4. The van der Waals surface area contributed by atoms with Gasteiger partial charge in [-0.3, -0.25) is 4.98 Å². The predicted octanol–water partition coefficient (Wildman–Crippen LogP) is 3.80. The van der Waals surface area contributed by atoms with Gasteiger partial charge in [0.15, 0.2) is 5.75 Å². The number of halogens is 3. The summed E-state index contributed by atoms with van der Waals surface area (Å²) in [7, 11) is 0. The van der Waals surface area contributed by atoms with Crippen molar-refractivity contribution in [3.05, 3.63) is 71.2 Å². The molecule has 0 aliphatic carbocycles. The molecule has 0 spiro atoms. The van der Waals surface area contributed by atoms with E-state index in [0.717, 1.165) is 6.07 Å². The van der Waals surface area contributed by atoms with Gasteiger partial charge in [-0.15, -0.1) is 5.10 Å². The molecule has 2 aromatic heterocycles. The molecule has 3 aromatic rings. The summed E-state index contributed by atoms with van der Waals surface area (Å²) in [5.74, 6) is -0.391. The summed E-state index contributed by atoms with van der Waals surface area (Å²) in [4.78, 5) is 8.05. The van der Waals surface area contributed by atoms with Crippen LogP contribution in [0.25, 0.3) is 11.3 Å². The van der Waals surface area contributed by atoms with Crippen molar-refractivity contribution in [1.29, 1.82) is 0 Å². The van der Waals surface area contributed by atoms with Gasteiger partial charge in [0.05, 0.1) is 22.5 Å². The van der Waals surface area contributed by atoms with Crippen LogP contribution in [0, 0.1) is 6.92 Å². The number of alkyl halides is 3. The standard InChI is InChI=1S/C18H14F3N3O3/c1-10-7-12(18(19,20)21)8-15(27-26)16(10)13-4-5-14(24-23-13)17(25)11-3-2-6-22-9-11/h2-9,17,25-26H,1H3. The van der Waals surface area contributed by atoms with Crippen LogP contribution in [0.4, 0.5) is 13.2 Å². The topological polar surface area (TPSA) is 88.4 Å². The lowest BCUT2D eigenvalue weighted by Crippen LogP contribution is -2.08. The fourth-order valence-electron chi connectivity index (χ4n) is 2.65. The molecule has 2 heterocycles. The lowest BCUT2D eigenvalue weighted by atomic mass is 10.00. The summed E-state index contributed by atoms with van der Waals surface area (Å²) in [5.41, 5.74) is 0.355. The molecule has 0 amide bonds. The van der Waals surface area contributed by atoms with Crippen molar-refractivity contribution in [1.82, 2.24) is 15.2 Å². The number of nitrogens with zero attached hydrogens (tertiary/aromatic N) is 3. The molecule has 0 radical (unpaired) electrons. The Kier molecular flexibility index (Phi) is 5.06. The maximum absolute atomic E-state index is 12.9. The average molecular weight is 377 g/mol. The van der Waals surface area contributed by atoms with Gasteiger partial charge in [0.25, 0.3) is 0 Å². The molecule has 0 saturated carbocycles. The first-order valence-corrected chi connectivity index (χ1v) is 7.76. The van der Waals surface area contributed by atoms with E-state index in [2.05, 4.69) is 20.1 Å². The zero-order valence-corrected chi connectivity index (χ0v) is 14.0. The normalized spacial score (nSPS) is 12.7. The van der Waals surface area contributed by atoms with Crippen molar-refractivity contribution in [2.24, 2.45) is 0 Å². The van der Waals surface area contributed by atoms with Gasteiger partial charge in [-0.1, -0.05) is 6.07 Å². The Morgan fingerprint density at radius 3 is 2.44 bits per heavy atom. The molecular weight excluding hydrogens is 363 g/mol. The molecule has 0 aliphatic rings. The Labute approximate surface area is 151 Å². The first kappa shape index (κ1) is 18.7. The largest absolute Gasteiger partial charge is 0.416 e. The second-order valence-electron chi connectivity index (χ2n) is 5.79. The summed E-state index contributed by atoms with van der Waals surface area (Å²) in [6.07, 6.45) is -2.59. The van der Waals surface area contributed by atoms with Gasteiger partial charge in [0.1, 0.15) is 6.10 Å². The Hall–Kier alpha value is -3.04. The van der Waals surface area contributed by atoms with Crippen LogP contribution in [0.1, 0.15) is 28.5 Å². The molecule has 0 bridgehead atoms. The van der Waals surface area contributed by atoms with E-state index in [4.69, 9.17) is 5.26 Å². The van der Waals surface area contributed by atoms with Gasteiger partial charge in [-0.05, 0) is 42.8 Å².